The van der Waals surface area contributed by atoms with E-state index in [9.17, 15) is 0 Å². The molecule has 2 aromatic rings. The van der Waals surface area contributed by atoms with E-state index in [1.807, 2.05) is 12.3 Å². The van der Waals surface area contributed by atoms with Crippen molar-refractivity contribution in [3.8, 4) is 0 Å². The van der Waals surface area contributed by atoms with Crippen molar-refractivity contribution < 1.29 is 4.74 Å². The van der Waals surface area contributed by atoms with Crippen LogP contribution in [0.1, 0.15) is 12.0 Å². The fourth-order valence-corrected chi connectivity index (χ4v) is 2.80. The quantitative estimate of drug-likeness (QED) is 0.824. The van der Waals surface area contributed by atoms with Gasteiger partial charge in [0.15, 0.2) is 0 Å². The van der Waals surface area contributed by atoms with Crippen LogP contribution in [0.15, 0.2) is 36.5 Å². The van der Waals surface area contributed by atoms with Gasteiger partial charge >= 0.3 is 0 Å². The molecule has 2 heterocycles. The third-order valence-electron chi connectivity index (χ3n) is 3.98. The second-order valence-electron chi connectivity index (χ2n) is 5.47. The zero-order chi connectivity index (χ0) is 14.3. The summed E-state index contributed by atoms with van der Waals surface area (Å²) < 4.78 is 5.36. The fourth-order valence-electron chi connectivity index (χ4n) is 2.80. The lowest BCUT2D eigenvalue weighted by molar-refractivity contribution is 0.0374. The number of morpholine rings is 1. The van der Waals surface area contributed by atoms with Gasteiger partial charge in [0.25, 0.3) is 0 Å². The molecule has 1 aliphatic rings. The van der Waals surface area contributed by atoms with Gasteiger partial charge in [-0.05, 0) is 37.2 Å². The molecule has 4 heteroatoms. The molecule has 0 saturated carbocycles. The molecule has 1 saturated heterocycles. The van der Waals surface area contributed by atoms with Crippen LogP contribution in [0.3, 0.4) is 0 Å². The van der Waals surface area contributed by atoms with Crippen molar-refractivity contribution >= 4 is 10.9 Å². The molecule has 0 bridgehead atoms. The van der Waals surface area contributed by atoms with Gasteiger partial charge in [-0.15, -0.1) is 0 Å². The number of benzene rings is 1. The Labute approximate surface area is 126 Å². The van der Waals surface area contributed by atoms with Crippen LogP contribution in [0.5, 0.6) is 0 Å². The Kier molecular flexibility index (Phi) is 5.16. The maximum atomic E-state index is 5.36. The van der Waals surface area contributed by atoms with E-state index in [1.54, 1.807) is 0 Å². The van der Waals surface area contributed by atoms with Gasteiger partial charge in [0.1, 0.15) is 0 Å². The van der Waals surface area contributed by atoms with Gasteiger partial charge in [-0.25, -0.2) is 0 Å². The van der Waals surface area contributed by atoms with Crippen LogP contribution in [0.4, 0.5) is 0 Å². The molecule has 0 unspecified atom stereocenters. The molecule has 1 aromatic heterocycles. The van der Waals surface area contributed by atoms with Crippen LogP contribution in [0.25, 0.3) is 10.9 Å². The molecule has 1 aromatic carbocycles. The topological polar surface area (TPSA) is 37.4 Å². The van der Waals surface area contributed by atoms with Gasteiger partial charge < -0.3 is 10.1 Å². The molecule has 3 rings (SSSR count). The molecular formula is C17H23N3O. The van der Waals surface area contributed by atoms with Crippen molar-refractivity contribution in [2.75, 3.05) is 39.4 Å². The summed E-state index contributed by atoms with van der Waals surface area (Å²) in [6.07, 6.45) is 3.03. The molecule has 0 amide bonds. The lowest BCUT2D eigenvalue weighted by Gasteiger charge is -2.26. The largest absolute Gasteiger partial charge is 0.379 e. The van der Waals surface area contributed by atoms with E-state index >= 15 is 0 Å². The summed E-state index contributed by atoms with van der Waals surface area (Å²) >= 11 is 0. The van der Waals surface area contributed by atoms with Gasteiger partial charge in [-0.3, -0.25) is 9.88 Å². The summed E-state index contributed by atoms with van der Waals surface area (Å²) in [6.45, 7) is 7.05. The van der Waals surface area contributed by atoms with Crippen molar-refractivity contribution in [3.05, 3.63) is 42.1 Å². The number of pyridine rings is 1. The van der Waals surface area contributed by atoms with Crippen LogP contribution in [-0.4, -0.2) is 49.3 Å². The Morgan fingerprint density at radius 2 is 2.05 bits per heavy atom. The Morgan fingerprint density at radius 3 is 2.95 bits per heavy atom. The highest BCUT2D eigenvalue weighted by Gasteiger charge is 2.09. The second-order valence-corrected chi connectivity index (χ2v) is 5.47. The lowest BCUT2D eigenvalue weighted by atomic mass is 10.1. The highest BCUT2D eigenvalue weighted by atomic mass is 16.5. The Balaban J connectivity index is 1.44. The third kappa shape index (κ3) is 4.00. The van der Waals surface area contributed by atoms with Gasteiger partial charge in [-0.2, -0.15) is 0 Å². The van der Waals surface area contributed by atoms with E-state index < -0.39 is 0 Å². The van der Waals surface area contributed by atoms with E-state index in [4.69, 9.17) is 4.74 Å². The van der Waals surface area contributed by atoms with E-state index in [2.05, 4.69) is 39.5 Å². The van der Waals surface area contributed by atoms with Crippen LogP contribution < -0.4 is 5.32 Å². The SMILES string of the molecule is c1cc(CNCCCN2CCOCC2)c2cccnc2c1. The first-order valence-electron chi connectivity index (χ1n) is 7.77. The normalized spacial score (nSPS) is 16.4. The minimum absolute atomic E-state index is 0.885. The lowest BCUT2D eigenvalue weighted by Crippen LogP contribution is -2.37. The van der Waals surface area contributed by atoms with Crippen molar-refractivity contribution in [1.29, 1.82) is 0 Å². The average molecular weight is 285 g/mol. The predicted molar refractivity (Wildman–Crippen MR) is 85.3 cm³/mol. The maximum absolute atomic E-state index is 5.36. The first kappa shape index (κ1) is 14.4. The highest BCUT2D eigenvalue weighted by Crippen LogP contribution is 2.15. The summed E-state index contributed by atoms with van der Waals surface area (Å²) in [7, 11) is 0. The second kappa shape index (κ2) is 7.50. The summed E-state index contributed by atoms with van der Waals surface area (Å²) in [5, 5.41) is 4.80. The first-order chi connectivity index (χ1) is 10.4. The molecule has 112 valence electrons. The van der Waals surface area contributed by atoms with Crippen LogP contribution in [0, 0.1) is 0 Å². The summed E-state index contributed by atoms with van der Waals surface area (Å²) in [5.41, 5.74) is 2.40. The molecule has 0 atom stereocenters. The number of nitrogens with zero attached hydrogens (tertiary/aromatic N) is 2. The number of aromatic nitrogens is 1. The number of rotatable bonds is 6. The number of hydrogen-bond donors (Lipinski definition) is 1. The van der Waals surface area contributed by atoms with Crippen LogP contribution in [-0.2, 0) is 11.3 Å². The fraction of sp³-hybridized carbons (Fsp3) is 0.471. The van der Waals surface area contributed by atoms with Crippen molar-refractivity contribution in [2.24, 2.45) is 0 Å². The Hall–Kier alpha value is -1.49. The van der Waals surface area contributed by atoms with Crippen LogP contribution >= 0.6 is 0 Å². The van der Waals surface area contributed by atoms with Crippen molar-refractivity contribution in [1.82, 2.24) is 15.2 Å². The summed E-state index contributed by atoms with van der Waals surface area (Å²) in [6, 6.07) is 10.5. The molecule has 0 radical (unpaired) electrons. The number of fused-ring (bicyclic) bond motifs is 1. The predicted octanol–water partition coefficient (Wildman–Crippen LogP) is 2.05. The smallest absolute Gasteiger partial charge is 0.0705 e. The van der Waals surface area contributed by atoms with Crippen molar-refractivity contribution in [3.63, 3.8) is 0 Å². The van der Waals surface area contributed by atoms with Crippen molar-refractivity contribution in [2.45, 2.75) is 13.0 Å². The zero-order valence-corrected chi connectivity index (χ0v) is 12.4. The minimum atomic E-state index is 0.885. The van der Waals surface area contributed by atoms with Gasteiger partial charge in [0.05, 0.1) is 18.7 Å². The molecule has 0 spiro atoms. The standard InChI is InChI=1S/C17H23N3O/c1-4-15(16-5-2-8-19-17(16)6-1)14-18-7-3-9-20-10-12-21-13-11-20/h1-2,4-6,8,18H,3,7,9-14H2. The highest BCUT2D eigenvalue weighted by molar-refractivity contribution is 5.81. The molecular weight excluding hydrogens is 262 g/mol. The van der Waals surface area contributed by atoms with E-state index in [-0.39, 0.29) is 0 Å². The maximum Gasteiger partial charge on any atom is 0.0705 e. The molecule has 1 fully saturated rings. The molecule has 21 heavy (non-hydrogen) atoms. The van der Waals surface area contributed by atoms with Gasteiger partial charge in [-0.1, -0.05) is 18.2 Å². The summed E-state index contributed by atoms with van der Waals surface area (Å²) in [4.78, 5) is 6.88. The molecule has 0 aliphatic carbocycles. The molecule has 1 N–H and O–H groups in total. The minimum Gasteiger partial charge on any atom is -0.379 e. The van der Waals surface area contributed by atoms with Crippen LogP contribution in [0.2, 0.25) is 0 Å². The monoisotopic (exact) mass is 285 g/mol. The van der Waals surface area contributed by atoms with Gasteiger partial charge in [0, 0.05) is 31.2 Å². The van der Waals surface area contributed by atoms with E-state index in [1.165, 1.54) is 17.4 Å². The van der Waals surface area contributed by atoms with E-state index in [0.29, 0.717) is 0 Å². The number of hydrogen-bond acceptors (Lipinski definition) is 4. The first-order valence-corrected chi connectivity index (χ1v) is 7.77. The summed E-state index contributed by atoms with van der Waals surface area (Å²) in [5.74, 6) is 0. The Bertz CT molecular complexity index is 561. The number of nitrogens with one attached hydrogen (secondary N) is 1. The molecule has 4 nitrogen and oxygen atoms in total. The zero-order valence-electron chi connectivity index (χ0n) is 12.4. The average Bonchev–Trinajstić information content (AvgIpc) is 2.56. The van der Waals surface area contributed by atoms with E-state index in [0.717, 1.165) is 51.5 Å². The molecule has 1 aliphatic heterocycles. The van der Waals surface area contributed by atoms with Gasteiger partial charge in [0.2, 0.25) is 0 Å². The third-order valence-corrected chi connectivity index (χ3v) is 3.98. The Morgan fingerprint density at radius 1 is 1.14 bits per heavy atom. The number of ether oxygens (including phenoxy) is 1.